The zero-order chi connectivity index (χ0) is 13.0. The molecule has 5 heteroatoms. The van der Waals surface area contributed by atoms with Crippen molar-refractivity contribution in [1.82, 2.24) is 0 Å². The summed E-state index contributed by atoms with van der Waals surface area (Å²) in [5.74, 6) is -1.03. The van der Waals surface area contributed by atoms with Crippen molar-refractivity contribution in [2.24, 2.45) is 0 Å². The van der Waals surface area contributed by atoms with Gasteiger partial charge in [0.05, 0.1) is 18.8 Å². The van der Waals surface area contributed by atoms with E-state index in [2.05, 4.69) is 33.9 Å². The average molecular weight is 246 g/mol. The fourth-order valence-electron chi connectivity index (χ4n) is 0.793. The first-order chi connectivity index (χ1) is 7.12. The van der Waals surface area contributed by atoms with E-state index in [1.54, 1.807) is 0 Å². The summed E-state index contributed by atoms with van der Waals surface area (Å²) < 4.78 is 5.75. The number of aliphatic hydroxyl groups is 1. The van der Waals surface area contributed by atoms with Crippen molar-refractivity contribution in [2.45, 2.75) is 38.9 Å². The molecule has 0 spiro atoms. The van der Waals surface area contributed by atoms with Crippen LogP contribution < -0.4 is 0 Å². The van der Waals surface area contributed by atoms with Gasteiger partial charge < -0.3 is 14.6 Å². The molecule has 2 N–H and O–H groups in total. The van der Waals surface area contributed by atoms with E-state index in [-0.39, 0.29) is 23.8 Å². The van der Waals surface area contributed by atoms with Crippen LogP contribution in [0.1, 0.15) is 20.8 Å². The number of hydrogen-bond donors (Lipinski definition) is 2. The Morgan fingerprint density at radius 2 is 1.88 bits per heavy atom. The van der Waals surface area contributed by atoms with Crippen molar-refractivity contribution in [3.05, 3.63) is 11.6 Å². The summed E-state index contributed by atoms with van der Waals surface area (Å²) in [6.07, 6.45) is 1.27. The van der Waals surface area contributed by atoms with E-state index < -0.39 is 14.3 Å². The van der Waals surface area contributed by atoms with Gasteiger partial charge in [-0.3, -0.25) is 0 Å². The second kappa shape index (κ2) is 5.61. The lowest BCUT2D eigenvalue weighted by Gasteiger charge is -2.36. The molecule has 0 heterocycles. The number of rotatable bonds is 5. The molecule has 0 aliphatic rings. The van der Waals surface area contributed by atoms with Gasteiger partial charge in [-0.05, 0) is 24.2 Å². The van der Waals surface area contributed by atoms with Gasteiger partial charge in [-0.15, -0.1) is 0 Å². The van der Waals surface area contributed by atoms with Crippen LogP contribution in [0.5, 0.6) is 0 Å². The highest BCUT2D eigenvalue weighted by Crippen LogP contribution is 2.36. The molecule has 0 saturated heterocycles. The fourth-order valence-corrected chi connectivity index (χ4v) is 1.74. The van der Waals surface area contributed by atoms with Crippen molar-refractivity contribution in [3.8, 4) is 0 Å². The van der Waals surface area contributed by atoms with Crippen LogP contribution in [0, 0.1) is 0 Å². The molecule has 16 heavy (non-hydrogen) atoms. The third-order valence-electron chi connectivity index (χ3n) is 3.01. The van der Waals surface area contributed by atoms with Crippen molar-refractivity contribution in [3.63, 3.8) is 0 Å². The van der Waals surface area contributed by atoms with Crippen LogP contribution in [0.3, 0.4) is 0 Å². The van der Waals surface area contributed by atoms with Crippen molar-refractivity contribution < 1.29 is 19.4 Å². The lowest BCUT2D eigenvalue weighted by molar-refractivity contribution is -0.133. The van der Waals surface area contributed by atoms with E-state index in [1.165, 1.54) is 6.08 Å². The highest BCUT2D eigenvalue weighted by Gasteiger charge is 2.37. The van der Waals surface area contributed by atoms with Gasteiger partial charge in [-0.1, -0.05) is 20.8 Å². The third kappa shape index (κ3) is 4.47. The van der Waals surface area contributed by atoms with E-state index >= 15 is 0 Å². The molecule has 0 atom stereocenters. The van der Waals surface area contributed by atoms with Crippen LogP contribution in [0.25, 0.3) is 0 Å². The minimum Gasteiger partial charge on any atom is -0.478 e. The van der Waals surface area contributed by atoms with Gasteiger partial charge in [0.25, 0.3) is 0 Å². The Morgan fingerprint density at radius 1 is 1.38 bits per heavy atom. The standard InChI is InChI=1S/C11H22O4Si/c1-11(2,3)16(4,5)15-8-9(6-7-12)10(13)14/h6,12H,7-8H2,1-5H3,(H,13,14). The van der Waals surface area contributed by atoms with Crippen LogP contribution in [0.2, 0.25) is 18.1 Å². The summed E-state index contributed by atoms with van der Waals surface area (Å²) in [7, 11) is -1.93. The van der Waals surface area contributed by atoms with Crippen LogP contribution in [-0.4, -0.2) is 37.7 Å². The first kappa shape index (κ1) is 15.3. The van der Waals surface area contributed by atoms with E-state index in [9.17, 15) is 4.79 Å². The monoisotopic (exact) mass is 246 g/mol. The predicted molar refractivity (Wildman–Crippen MR) is 66.0 cm³/mol. The normalized spacial score (nSPS) is 14.0. The Balaban J connectivity index is 4.55. The molecule has 0 aliphatic carbocycles. The van der Waals surface area contributed by atoms with Crippen molar-refractivity contribution in [2.75, 3.05) is 13.2 Å². The van der Waals surface area contributed by atoms with Crippen LogP contribution in [0.15, 0.2) is 11.6 Å². The quantitative estimate of drug-likeness (QED) is 0.575. The molecular weight excluding hydrogens is 224 g/mol. The number of aliphatic carboxylic acids is 1. The Bertz CT molecular complexity index is 276. The highest BCUT2D eigenvalue weighted by atomic mass is 28.4. The Hall–Kier alpha value is -0.653. The first-order valence-corrected chi connectivity index (χ1v) is 8.20. The van der Waals surface area contributed by atoms with E-state index in [0.717, 1.165) is 0 Å². The largest absolute Gasteiger partial charge is 0.478 e. The molecule has 0 aromatic rings. The van der Waals surface area contributed by atoms with Gasteiger partial charge in [0.1, 0.15) is 0 Å². The summed E-state index contributed by atoms with van der Waals surface area (Å²) in [5, 5.41) is 17.6. The number of hydrogen-bond acceptors (Lipinski definition) is 3. The van der Waals surface area contributed by atoms with Crippen molar-refractivity contribution in [1.29, 1.82) is 0 Å². The van der Waals surface area contributed by atoms with Gasteiger partial charge in [0.15, 0.2) is 8.32 Å². The number of aliphatic hydroxyl groups excluding tert-OH is 1. The predicted octanol–water partition coefficient (Wildman–Crippen LogP) is 2.01. The minimum absolute atomic E-state index is 0.0514. The lowest BCUT2D eigenvalue weighted by atomic mass is 10.2. The summed E-state index contributed by atoms with van der Waals surface area (Å²) in [5.41, 5.74) is 0.118. The molecule has 0 aromatic carbocycles. The molecule has 94 valence electrons. The maximum atomic E-state index is 10.8. The molecule has 0 rings (SSSR count). The Labute approximate surface area is 98.1 Å². The second-order valence-electron chi connectivity index (χ2n) is 5.27. The van der Waals surface area contributed by atoms with Crippen molar-refractivity contribution >= 4 is 14.3 Å². The zero-order valence-corrected chi connectivity index (χ0v) is 11.7. The number of carbonyl (C=O) groups is 1. The van der Waals surface area contributed by atoms with Gasteiger partial charge in [-0.2, -0.15) is 0 Å². The second-order valence-corrected chi connectivity index (χ2v) is 10.1. The van der Waals surface area contributed by atoms with E-state index in [0.29, 0.717) is 0 Å². The Kier molecular flexibility index (Phi) is 5.38. The minimum atomic E-state index is -1.93. The smallest absolute Gasteiger partial charge is 0.333 e. The summed E-state index contributed by atoms with van der Waals surface area (Å²) >= 11 is 0. The fraction of sp³-hybridized carbons (Fsp3) is 0.727. The van der Waals surface area contributed by atoms with Crippen LogP contribution in [-0.2, 0) is 9.22 Å². The molecule has 0 amide bonds. The molecule has 0 aromatic heterocycles. The SMILES string of the molecule is CC(C)(C)[Si](C)(C)OCC(=CCO)C(=O)O. The molecule has 0 unspecified atom stereocenters. The van der Waals surface area contributed by atoms with E-state index in [1.807, 2.05) is 0 Å². The Morgan fingerprint density at radius 3 is 2.19 bits per heavy atom. The number of carboxylic acid groups (broad SMARTS) is 1. The molecule has 0 saturated carbocycles. The van der Waals surface area contributed by atoms with Gasteiger partial charge in [-0.25, -0.2) is 4.79 Å². The molecule has 0 bridgehead atoms. The first-order valence-electron chi connectivity index (χ1n) is 5.29. The van der Waals surface area contributed by atoms with Crippen LogP contribution in [0.4, 0.5) is 0 Å². The van der Waals surface area contributed by atoms with E-state index in [4.69, 9.17) is 14.6 Å². The third-order valence-corrected chi connectivity index (χ3v) is 7.49. The molecule has 0 fully saturated rings. The van der Waals surface area contributed by atoms with Gasteiger partial charge >= 0.3 is 5.97 Å². The lowest BCUT2D eigenvalue weighted by Crippen LogP contribution is -2.41. The van der Waals surface area contributed by atoms with Crippen LogP contribution >= 0.6 is 0 Å². The average Bonchev–Trinajstić information content (AvgIpc) is 2.09. The zero-order valence-electron chi connectivity index (χ0n) is 10.7. The summed E-state index contributed by atoms with van der Waals surface area (Å²) in [4.78, 5) is 10.8. The highest BCUT2D eigenvalue weighted by molar-refractivity contribution is 6.74. The molecule has 4 nitrogen and oxygen atoms in total. The maximum absolute atomic E-state index is 10.8. The van der Waals surface area contributed by atoms with Gasteiger partial charge in [0, 0.05) is 0 Å². The molecule has 0 aliphatic heterocycles. The molecule has 0 radical (unpaired) electrons. The van der Waals surface area contributed by atoms with Gasteiger partial charge in [0.2, 0.25) is 0 Å². The molecular formula is C11H22O4Si. The topological polar surface area (TPSA) is 66.8 Å². The summed E-state index contributed by atoms with van der Waals surface area (Å²) in [6, 6.07) is 0. The number of carboxylic acids is 1. The summed E-state index contributed by atoms with van der Waals surface area (Å²) in [6.45, 7) is 10.2. The maximum Gasteiger partial charge on any atom is 0.333 e.